The first-order valence-electron chi connectivity index (χ1n) is 9.45. The van der Waals surface area contributed by atoms with Gasteiger partial charge in [0.25, 0.3) is 0 Å². The van der Waals surface area contributed by atoms with Crippen LogP contribution in [0.25, 0.3) is 21.8 Å². The Morgan fingerprint density at radius 1 is 0.733 bits per heavy atom. The van der Waals surface area contributed by atoms with Gasteiger partial charge in [0.1, 0.15) is 5.75 Å². The molecule has 1 unspecified atom stereocenters. The average molecular weight is 406 g/mol. The lowest BCUT2D eigenvalue weighted by atomic mass is 9.84. The number of hydrogen-bond donors (Lipinski definition) is 3. The van der Waals surface area contributed by atoms with Crippen LogP contribution in [0.2, 0.25) is 0 Å². The Bertz CT molecular complexity index is 1350. The zero-order valence-electron chi connectivity index (χ0n) is 15.7. The van der Waals surface area contributed by atoms with Gasteiger partial charge in [0.05, 0.1) is 5.56 Å². The fraction of sp³-hybridized carbons (Fsp3) is 0.0833. The Balaban J connectivity index is 1.74. The van der Waals surface area contributed by atoms with Crippen molar-refractivity contribution in [2.75, 3.05) is 0 Å². The van der Waals surface area contributed by atoms with E-state index in [0.29, 0.717) is 0 Å². The maximum atomic E-state index is 13.1. The topological polar surface area (TPSA) is 51.8 Å². The molecule has 1 atom stereocenters. The van der Waals surface area contributed by atoms with Gasteiger partial charge in [-0.2, -0.15) is 13.2 Å². The second kappa shape index (κ2) is 6.69. The van der Waals surface area contributed by atoms with Crippen molar-refractivity contribution in [2.24, 2.45) is 0 Å². The van der Waals surface area contributed by atoms with Crippen LogP contribution in [0.1, 0.15) is 28.2 Å². The molecule has 5 aromatic rings. The van der Waals surface area contributed by atoms with E-state index in [1.54, 1.807) is 12.1 Å². The monoisotopic (exact) mass is 406 g/mol. The molecule has 3 aromatic carbocycles. The molecule has 3 nitrogen and oxygen atoms in total. The summed E-state index contributed by atoms with van der Waals surface area (Å²) in [6.07, 6.45) is -0.617. The summed E-state index contributed by atoms with van der Waals surface area (Å²) in [4.78, 5) is 6.44. The maximum Gasteiger partial charge on any atom is 0.416 e. The molecule has 0 spiro atoms. The average Bonchev–Trinajstić information content (AvgIpc) is 3.33. The Labute approximate surface area is 169 Å². The molecular weight excluding hydrogens is 389 g/mol. The number of aromatic nitrogens is 2. The molecule has 3 N–H and O–H groups in total. The van der Waals surface area contributed by atoms with Crippen LogP contribution in [-0.2, 0) is 6.18 Å². The quantitative estimate of drug-likeness (QED) is 0.312. The van der Waals surface area contributed by atoms with Gasteiger partial charge in [0.2, 0.25) is 0 Å². The van der Waals surface area contributed by atoms with Crippen LogP contribution in [0.3, 0.4) is 0 Å². The van der Waals surface area contributed by atoms with E-state index in [0.717, 1.165) is 50.6 Å². The molecule has 2 aromatic heterocycles. The van der Waals surface area contributed by atoms with Gasteiger partial charge < -0.3 is 15.1 Å². The first-order valence-corrected chi connectivity index (χ1v) is 9.45. The Kier molecular flexibility index (Phi) is 4.10. The number of fused-ring (bicyclic) bond motifs is 2. The van der Waals surface area contributed by atoms with Crippen LogP contribution < -0.4 is 0 Å². The van der Waals surface area contributed by atoms with Crippen molar-refractivity contribution in [2.45, 2.75) is 12.1 Å². The van der Waals surface area contributed by atoms with Gasteiger partial charge in [-0.25, -0.2) is 0 Å². The summed E-state index contributed by atoms with van der Waals surface area (Å²) in [6, 6.07) is 18.2. The van der Waals surface area contributed by atoms with Crippen molar-refractivity contribution >= 4 is 21.8 Å². The highest BCUT2D eigenvalue weighted by molar-refractivity contribution is 5.89. The molecule has 2 heterocycles. The van der Waals surface area contributed by atoms with Crippen LogP contribution in [0, 0.1) is 0 Å². The number of phenolic OH excluding ortho intramolecular Hbond substituents is 1. The third-order valence-corrected chi connectivity index (χ3v) is 5.51. The minimum atomic E-state index is -4.38. The minimum Gasteiger partial charge on any atom is -0.508 e. The number of aromatic hydroxyl groups is 1. The smallest absolute Gasteiger partial charge is 0.416 e. The van der Waals surface area contributed by atoms with E-state index in [2.05, 4.69) is 9.97 Å². The number of phenols is 1. The Morgan fingerprint density at radius 2 is 1.37 bits per heavy atom. The lowest BCUT2D eigenvalue weighted by Gasteiger charge is -2.18. The summed E-state index contributed by atoms with van der Waals surface area (Å²) in [5, 5.41) is 11.7. The molecule has 0 amide bonds. The second-order valence-corrected chi connectivity index (χ2v) is 7.32. The number of H-pyrrole nitrogens is 2. The molecule has 150 valence electrons. The number of halogens is 3. The first-order chi connectivity index (χ1) is 14.4. The van der Waals surface area contributed by atoms with Crippen molar-refractivity contribution in [3.63, 3.8) is 0 Å². The van der Waals surface area contributed by atoms with Gasteiger partial charge in [0, 0.05) is 46.2 Å². The predicted molar refractivity (Wildman–Crippen MR) is 111 cm³/mol. The largest absolute Gasteiger partial charge is 0.508 e. The summed E-state index contributed by atoms with van der Waals surface area (Å²) in [6.45, 7) is 0. The Morgan fingerprint density at radius 3 is 2.07 bits per heavy atom. The van der Waals surface area contributed by atoms with E-state index in [4.69, 9.17) is 0 Å². The van der Waals surface area contributed by atoms with Crippen molar-refractivity contribution in [3.8, 4) is 5.75 Å². The predicted octanol–water partition coefficient (Wildman–Crippen LogP) is 6.55. The highest BCUT2D eigenvalue weighted by Gasteiger charge is 2.31. The zero-order valence-corrected chi connectivity index (χ0v) is 15.7. The molecule has 0 aliphatic carbocycles. The third kappa shape index (κ3) is 3.01. The van der Waals surface area contributed by atoms with Crippen LogP contribution in [0.4, 0.5) is 13.2 Å². The lowest BCUT2D eigenvalue weighted by Crippen LogP contribution is -2.07. The van der Waals surface area contributed by atoms with Crippen LogP contribution in [0.15, 0.2) is 79.1 Å². The molecule has 0 radical (unpaired) electrons. The fourth-order valence-corrected chi connectivity index (χ4v) is 4.10. The second-order valence-electron chi connectivity index (χ2n) is 7.32. The van der Waals surface area contributed by atoms with E-state index >= 15 is 0 Å². The summed E-state index contributed by atoms with van der Waals surface area (Å²) in [5.41, 5.74) is 3.70. The number of hydrogen-bond acceptors (Lipinski definition) is 1. The van der Waals surface area contributed by atoms with E-state index < -0.39 is 11.7 Å². The Hall–Kier alpha value is -3.67. The number of rotatable bonds is 3. The van der Waals surface area contributed by atoms with E-state index in [-0.39, 0.29) is 11.7 Å². The summed E-state index contributed by atoms with van der Waals surface area (Å²) < 4.78 is 39.3. The standard InChI is InChI=1S/C24H17F3N2O/c25-24(26,27)15-7-5-14(6-8-15)23(19-12-28-21-4-2-1-3-17(19)21)20-13-29-22-11-16(30)9-10-18(20)22/h1-13,23,28-30H. The van der Waals surface area contributed by atoms with Gasteiger partial charge in [-0.3, -0.25) is 0 Å². The summed E-state index contributed by atoms with van der Waals surface area (Å²) in [7, 11) is 0. The van der Waals surface area contributed by atoms with Crippen molar-refractivity contribution < 1.29 is 18.3 Å². The molecular formula is C24H17F3N2O. The highest BCUT2D eigenvalue weighted by Crippen LogP contribution is 2.40. The van der Waals surface area contributed by atoms with Gasteiger partial charge in [-0.1, -0.05) is 30.3 Å². The fourth-order valence-electron chi connectivity index (χ4n) is 4.10. The SMILES string of the molecule is Oc1ccc2c(C(c3ccc(C(F)(F)F)cc3)c3c[nH]c4ccccc34)c[nH]c2c1. The highest BCUT2D eigenvalue weighted by atomic mass is 19.4. The van der Waals surface area contributed by atoms with Crippen LogP contribution in [0.5, 0.6) is 5.75 Å². The van der Waals surface area contributed by atoms with E-state index in [1.165, 1.54) is 12.1 Å². The van der Waals surface area contributed by atoms with Crippen molar-refractivity contribution in [1.29, 1.82) is 0 Å². The summed E-state index contributed by atoms with van der Waals surface area (Å²) >= 11 is 0. The maximum absolute atomic E-state index is 13.1. The molecule has 0 saturated heterocycles. The van der Waals surface area contributed by atoms with Gasteiger partial charge in [-0.15, -0.1) is 0 Å². The number of para-hydroxylation sites is 1. The van der Waals surface area contributed by atoms with Crippen LogP contribution >= 0.6 is 0 Å². The van der Waals surface area contributed by atoms with Crippen LogP contribution in [-0.4, -0.2) is 15.1 Å². The molecule has 0 aliphatic heterocycles. The molecule has 0 fully saturated rings. The molecule has 5 rings (SSSR count). The zero-order chi connectivity index (χ0) is 20.9. The van der Waals surface area contributed by atoms with Gasteiger partial charge in [0.15, 0.2) is 0 Å². The minimum absolute atomic E-state index is 0.147. The lowest BCUT2D eigenvalue weighted by molar-refractivity contribution is -0.137. The molecule has 6 heteroatoms. The molecule has 0 bridgehead atoms. The number of alkyl halides is 3. The van der Waals surface area contributed by atoms with E-state index in [9.17, 15) is 18.3 Å². The number of aromatic amines is 2. The molecule has 0 saturated carbocycles. The normalized spacial score (nSPS) is 13.2. The van der Waals surface area contributed by atoms with Crippen molar-refractivity contribution in [1.82, 2.24) is 9.97 Å². The van der Waals surface area contributed by atoms with Gasteiger partial charge >= 0.3 is 6.18 Å². The summed E-state index contributed by atoms with van der Waals surface area (Å²) in [5.74, 6) is -0.143. The third-order valence-electron chi connectivity index (χ3n) is 5.51. The number of nitrogens with one attached hydrogen (secondary N) is 2. The van der Waals surface area contributed by atoms with Crippen molar-refractivity contribution in [3.05, 3.63) is 101 Å². The first kappa shape index (κ1) is 18.4. The van der Waals surface area contributed by atoms with Gasteiger partial charge in [-0.05, 0) is 47.0 Å². The number of benzene rings is 3. The molecule has 30 heavy (non-hydrogen) atoms. The molecule has 0 aliphatic rings. The van der Waals surface area contributed by atoms with E-state index in [1.807, 2.05) is 42.7 Å².